The second-order valence-corrected chi connectivity index (χ2v) is 3.74. The van der Waals surface area contributed by atoms with Gasteiger partial charge in [0.25, 0.3) is 0 Å². The maximum absolute atomic E-state index is 6.04. The van der Waals surface area contributed by atoms with Gasteiger partial charge in [-0.15, -0.1) is 0 Å². The molecule has 0 saturated heterocycles. The fourth-order valence-electron chi connectivity index (χ4n) is 1.70. The van der Waals surface area contributed by atoms with Gasteiger partial charge in [0.15, 0.2) is 0 Å². The third-order valence-corrected chi connectivity index (χ3v) is 2.91. The van der Waals surface area contributed by atoms with Gasteiger partial charge in [-0.1, -0.05) is 11.6 Å². The number of fused-ring (bicyclic) bond motifs is 1. The van der Waals surface area contributed by atoms with Gasteiger partial charge >= 0.3 is 0 Å². The zero-order valence-corrected chi connectivity index (χ0v) is 8.97. The number of halogens is 1. The normalized spacial score (nSPS) is 11.1. The SMILES string of the molecule is Cc1c(Cl)ccc2nc(CN)n(C)c12. The molecule has 0 fully saturated rings. The van der Waals surface area contributed by atoms with Crippen molar-refractivity contribution in [3.63, 3.8) is 0 Å². The molecule has 0 bridgehead atoms. The molecule has 2 N–H and O–H groups in total. The van der Waals surface area contributed by atoms with Crippen molar-refractivity contribution >= 4 is 22.6 Å². The molecule has 1 aromatic carbocycles. The van der Waals surface area contributed by atoms with Gasteiger partial charge < -0.3 is 10.3 Å². The number of rotatable bonds is 1. The van der Waals surface area contributed by atoms with Crippen molar-refractivity contribution in [2.24, 2.45) is 12.8 Å². The molecule has 1 heterocycles. The van der Waals surface area contributed by atoms with E-state index < -0.39 is 0 Å². The summed E-state index contributed by atoms with van der Waals surface area (Å²) in [5, 5.41) is 0.768. The predicted octanol–water partition coefficient (Wildman–Crippen LogP) is 1.99. The Morgan fingerprint density at radius 2 is 2.21 bits per heavy atom. The Hall–Kier alpha value is -1.06. The Bertz CT molecular complexity index is 488. The number of aryl methyl sites for hydroxylation is 2. The fraction of sp³-hybridized carbons (Fsp3) is 0.300. The Balaban J connectivity index is 2.87. The summed E-state index contributed by atoms with van der Waals surface area (Å²) < 4.78 is 2.00. The molecular weight excluding hydrogens is 198 g/mol. The minimum atomic E-state index is 0.447. The lowest BCUT2D eigenvalue weighted by molar-refractivity contribution is 0.811. The molecule has 3 nitrogen and oxygen atoms in total. The third kappa shape index (κ3) is 1.21. The maximum Gasteiger partial charge on any atom is 0.123 e. The van der Waals surface area contributed by atoms with Crippen LogP contribution in [0.15, 0.2) is 12.1 Å². The molecule has 0 spiro atoms. The summed E-state index contributed by atoms with van der Waals surface area (Å²) in [4.78, 5) is 4.41. The van der Waals surface area contributed by atoms with Crippen molar-refractivity contribution in [1.82, 2.24) is 9.55 Å². The van der Waals surface area contributed by atoms with E-state index >= 15 is 0 Å². The molecule has 4 heteroatoms. The largest absolute Gasteiger partial charge is 0.330 e. The van der Waals surface area contributed by atoms with Crippen LogP contribution in [0.3, 0.4) is 0 Å². The van der Waals surface area contributed by atoms with E-state index in [-0.39, 0.29) is 0 Å². The van der Waals surface area contributed by atoms with Crippen LogP contribution in [0.5, 0.6) is 0 Å². The molecule has 0 saturated carbocycles. The highest BCUT2D eigenvalue weighted by molar-refractivity contribution is 6.32. The summed E-state index contributed by atoms with van der Waals surface area (Å²) in [6, 6.07) is 3.79. The number of nitrogens with zero attached hydrogens (tertiary/aromatic N) is 2. The number of hydrogen-bond donors (Lipinski definition) is 1. The molecule has 0 radical (unpaired) electrons. The minimum Gasteiger partial charge on any atom is -0.330 e. The lowest BCUT2D eigenvalue weighted by atomic mass is 10.2. The second kappa shape index (κ2) is 3.26. The van der Waals surface area contributed by atoms with E-state index in [4.69, 9.17) is 17.3 Å². The van der Waals surface area contributed by atoms with Crippen molar-refractivity contribution in [2.45, 2.75) is 13.5 Å². The highest BCUT2D eigenvalue weighted by Gasteiger charge is 2.10. The molecule has 0 unspecified atom stereocenters. The number of benzene rings is 1. The van der Waals surface area contributed by atoms with Crippen LogP contribution in [0.4, 0.5) is 0 Å². The smallest absolute Gasteiger partial charge is 0.123 e. The predicted molar refractivity (Wildman–Crippen MR) is 58.4 cm³/mol. The standard InChI is InChI=1S/C10H12ClN3/c1-6-7(11)3-4-8-10(6)14(2)9(5-12)13-8/h3-4H,5,12H2,1-2H3. The van der Waals surface area contributed by atoms with E-state index in [9.17, 15) is 0 Å². The van der Waals surface area contributed by atoms with Crippen LogP contribution in [0.1, 0.15) is 11.4 Å². The van der Waals surface area contributed by atoms with Crippen LogP contribution < -0.4 is 5.73 Å². The summed E-state index contributed by atoms with van der Waals surface area (Å²) in [6.07, 6.45) is 0. The fourth-order valence-corrected chi connectivity index (χ4v) is 1.85. The van der Waals surface area contributed by atoms with Gasteiger partial charge in [0.1, 0.15) is 5.82 Å². The van der Waals surface area contributed by atoms with E-state index in [0.717, 1.165) is 27.4 Å². The molecule has 0 atom stereocenters. The third-order valence-electron chi connectivity index (χ3n) is 2.50. The second-order valence-electron chi connectivity index (χ2n) is 3.33. The van der Waals surface area contributed by atoms with Crippen molar-refractivity contribution in [1.29, 1.82) is 0 Å². The molecule has 1 aromatic heterocycles. The quantitative estimate of drug-likeness (QED) is 0.781. The van der Waals surface area contributed by atoms with Crippen molar-refractivity contribution in [3.8, 4) is 0 Å². The molecule has 2 rings (SSSR count). The molecule has 74 valence electrons. The summed E-state index contributed by atoms with van der Waals surface area (Å²) >= 11 is 6.04. The van der Waals surface area contributed by atoms with Gasteiger partial charge in [-0.05, 0) is 24.6 Å². The van der Waals surface area contributed by atoms with Gasteiger partial charge in [0.05, 0.1) is 17.6 Å². The highest BCUT2D eigenvalue weighted by Crippen LogP contribution is 2.25. The van der Waals surface area contributed by atoms with Crippen molar-refractivity contribution < 1.29 is 0 Å². The van der Waals surface area contributed by atoms with Crippen molar-refractivity contribution in [3.05, 3.63) is 28.5 Å². The monoisotopic (exact) mass is 209 g/mol. The first-order chi connectivity index (χ1) is 6.65. The van der Waals surface area contributed by atoms with Crippen LogP contribution in [-0.4, -0.2) is 9.55 Å². The molecule has 14 heavy (non-hydrogen) atoms. The van der Waals surface area contributed by atoms with Crippen LogP contribution >= 0.6 is 11.6 Å². The first kappa shape index (κ1) is 9.49. The van der Waals surface area contributed by atoms with E-state index in [1.807, 2.05) is 30.7 Å². The first-order valence-electron chi connectivity index (χ1n) is 4.45. The number of aromatic nitrogens is 2. The Morgan fingerprint density at radius 1 is 1.50 bits per heavy atom. The maximum atomic E-state index is 6.04. The van der Waals surface area contributed by atoms with Gasteiger partial charge in [-0.2, -0.15) is 0 Å². The summed E-state index contributed by atoms with van der Waals surface area (Å²) in [7, 11) is 1.96. The molecular formula is C10H12ClN3. The van der Waals surface area contributed by atoms with E-state index in [1.54, 1.807) is 0 Å². The van der Waals surface area contributed by atoms with Crippen LogP contribution in [0, 0.1) is 6.92 Å². The topological polar surface area (TPSA) is 43.8 Å². The van der Waals surface area contributed by atoms with Gasteiger partial charge in [-0.25, -0.2) is 4.98 Å². The molecule has 0 aliphatic heterocycles. The molecule has 2 aromatic rings. The summed E-state index contributed by atoms with van der Waals surface area (Å²) in [5.74, 6) is 0.880. The molecule has 0 amide bonds. The highest BCUT2D eigenvalue weighted by atomic mass is 35.5. The Morgan fingerprint density at radius 3 is 2.86 bits per heavy atom. The Labute approximate surface area is 87.5 Å². The Kier molecular flexibility index (Phi) is 2.21. The zero-order chi connectivity index (χ0) is 10.3. The minimum absolute atomic E-state index is 0.447. The van der Waals surface area contributed by atoms with Crippen LogP contribution in [0.25, 0.3) is 11.0 Å². The lowest BCUT2D eigenvalue weighted by Crippen LogP contribution is -2.04. The van der Waals surface area contributed by atoms with E-state index in [1.165, 1.54) is 0 Å². The zero-order valence-electron chi connectivity index (χ0n) is 8.21. The van der Waals surface area contributed by atoms with Crippen LogP contribution in [-0.2, 0) is 13.6 Å². The van der Waals surface area contributed by atoms with E-state index in [0.29, 0.717) is 6.54 Å². The summed E-state index contributed by atoms with van der Waals surface area (Å²) in [5.41, 5.74) is 8.66. The van der Waals surface area contributed by atoms with Gasteiger partial charge in [0, 0.05) is 12.1 Å². The molecule has 0 aliphatic rings. The number of hydrogen-bond acceptors (Lipinski definition) is 2. The van der Waals surface area contributed by atoms with Gasteiger partial charge in [0.2, 0.25) is 0 Å². The van der Waals surface area contributed by atoms with Crippen molar-refractivity contribution in [2.75, 3.05) is 0 Å². The number of nitrogens with two attached hydrogens (primary N) is 1. The number of imidazole rings is 1. The summed E-state index contributed by atoms with van der Waals surface area (Å²) in [6.45, 7) is 2.44. The first-order valence-corrected chi connectivity index (χ1v) is 4.83. The van der Waals surface area contributed by atoms with E-state index in [2.05, 4.69) is 4.98 Å². The lowest BCUT2D eigenvalue weighted by Gasteiger charge is -2.02. The van der Waals surface area contributed by atoms with Crippen LogP contribution in [0.2, 0.25) is 5.02 Å². The molecule has 0 aliphatic carbocycles. The van der Waals surface area contributed by atoms with Gasteiger partial charge in [-0.3, -0.25) is 0 Å². The average Bonchev–Trinajstić information content (AvgIpc) is 2.50. The average molecular weight is 210 g/mol.